The third-order valence-electron chi connectivity index (χ3n) is 5.85. The predicted octanol–water partition coefficient (Wildman–Crippen LogP) is 3.73. The molecule has 0 spiro atoms. The maximum Gasteiger partial charge on any atom is 0.453 e. The minimum Gasteiger partial charge on any atom is -0.343 e. The van der Waals surface area contributed by atoms with Crippen molar-refractivity contribution in [3.8, 4) is 0 Å². The number of aromatic nitrogens is 4. The number of halogens is 3. The minimum atomic E-state index is -4.62. The summed E-state index contributed by atoms with van der Waals surface area (Å²) in [5.74, 6) is -0.750. The third kappa shape index (κ3) is 3.98. The highest BCUT2D eigenvalue weighted by atomic mass is 19.4. The summed E-state index contributed by atoms with van der Waals surface area (Å²) in [5.41, 5.74) is 1.85. The van der Waals surface area contributed by atoms with Crippen molar-refractivity contribution < 1.29 is 18.0 Å². The molecule has 0 N–H and O–H groups in total. The lowest BCUT2D eigenvalue weighted by atomic mass is 9.85. The highest BCUT2D eigenvalue weighted by Crippen LogP contribution is 2.29. The fourth-order valence-electron chi connectivity index (χ4n) is 4.16. The van der Waals surface area contributed by atoms with E-state index < -0.39 is 12.0 Å². The van der Waals surface area contributed by atoms with Gasteiger partial charge in [-0.15, -0.1) is 5.10 Å². The van der Waals surface area contributed by atoms with Crippen LogP contribution in [0.5, 0.6) is 0 Å². The lowest BCUT2D eigenvalue weighted by Crippen LogP contribution is -2.42. The van der Waals surface area contributed by atoms with E-state index in [1.165, 1.54) is 6.42 Å². The van der Waals surface area contributed by atoms with Gasteiger partial charge in [0.1, 0.15) is 0 Å². The van der Waals surface area contributed by atoms with E-state index in [-0.39, 0.29) is 24.1 Å². The molecule has 9 heteroatoms. The summed E-state index contributed by atoms with van der Waals surface area (Å²) < 4.78 is 39.8. The van der Waals surface area contributed by atoms with Gasteiger partial charge in [-0.2, -0.15) is 18.2 Å². The van der Waals surface area contributed by atoms with Crippen LogP contribution in [-0.2, 0) is 17.4 Å². The Hall–Kier alpha value is -2.19. The van der Waals surface area contributed by atoms with Crippen LogP contribution in [0.25, 0.3) is 5.78 Å². The summed E-state index contributed by atoms with van der Waals surface area (Å²) in [6.45, 7) is 5.59. The van der Waals surface area contributed by atoms with Gasteiger partial charge in [0.15, 0.2) is 0 Å². The second-order valence-electron chi connectivity index (χ2n) is 7.74. The van der Waals surface area contributed by atoms with Crippen molar-refractivity contribution in [1.29, 1.82) is 0 Å². The Morgan fingerprint density at radius 1 is 1.21 bits per heavy atom. The number of nitrogens with zero attached hydrogens (tertiary/aromatic N) is 5. The van der Waals surface area contributed by atoms with Gasteiger partial charge in [0, 0.05) is 30.9 Å². The predicted molar refractivity (Wildman–Crippen MR) is 97.8 cm³/mol. The first-order valence-corrected chi connectivity index (χ1v) is 9.65. The first-order valence-electron chi connectivity index (χ1n) is 9.65. The standard InChI is InChI=1S/C19H26F3N5O/c1-11-7-5-6-8-15(11)26(4)16(28)10-9-14-12(2)23-18-24-17(19(20,21)22)25-27(18)13(14)3/h11,15H,5-10H2,1-4H3. The topological polar surface area (TPSA) is 63.4 Å². The van der Waals surface area contributed by atoms with Gasteiger partial charge < -0.3 is 4.90 Å². The van der Waals surface area contributed by atoms with Crippen LogP contribution in [0.15, 0.2) is 0 Å². The van der Waals surface area contributed by atoms with Gasteiger partial charge in [0.2, 0.25) is 5.91 Å². The Kier molecular flexibility index (Phi) is 5.63. The van der Waals surface area contributed by atoms with Crippen molar-refractivity contribution in [2.75, 3.05) is 7.05 Å². The van der Waals surface area contributed by atoms with Gasteiger partial charge in [-0.05, 0) is 44.6 Å². The molecule has 0 aromatic carbocycles. The smallest absolute Gasteiger partial charge is 0.343 e. The van der Waals surface area contributed by atoms with Gasteiger partial charge in [-0.3, -0.25) is 4.79 Å². The second kappa shape index (κ2) is 7.67. The van der Waals surface area contributed by atoms with Crippen molar-refractivity contribution >= 4 is 11.7 Å². The number of carbonyl (C=O) groups is 1. The summed E-state index contributed by atoms with van der Waals surface area (Å²) >= 11 is 0. The minimum absolute atomic E-state index is 0.0483. The number of aryl methyl sites for hydroxylation is 2. The molecule has 2 unspecified atom stereocenters. The van der Waals surface area contributed by atoms with Crippen molar-refractivity contribution in [2.45, 2.75) is 71.5 Å². The molecule has 6 nitrogen and oxygen atoms in total. The van der Waals surface area contributed by atoms with E-state index in [2.05, 4.69) is 22.0 Å². The molecule has 2 atom stereocenters. The summed E-state index contributed by atoms with van der Waals surface area (Å²) in [5, 5.41) is 3.55. The summed E-state index contributed by atoms with van der Waals surface area (Å²) in [6, 6.07) is 0.258. The van der Waals surface area contributed by atoms with Gasteiger partial charge in [-0.25, -0.2) is 9.50 Å². The van der Waals surface area contributed by atoms with E-state index in [1.807, 2.05) is 11.9 Å². The van der Waals surface area contributed by atoms with Crippen LogP contribution < -0.4 is 0 Å². The Labute approximate surface area is 162 Å². The molecule has 1 fully saturated rings. The molecule has 0 aliphatic heterocycles. The average Bonchev–Trinajstić information content (AvgIpc) is 3.05. The Balaban J connectivity index is 1.77. The first kappa shape index (κ1) is 20.5. The van der Waals surface area contributed by atoms with E-state index in [0.29, 0.717) is 23.7 Å². The molecule has 2 heterocycles. The number of alkyl halides is 3. The molecule has 0 bridgehead atoms. The number of carbonyl (C=O) groups excluding carboxylic acids is 1. The highest BCUT2D eigenvalue weighted by molar-refractivity contribution is 5.76. The number of fused-ring (bicyclic) bond motifs is 1. The quantitative estimate of drug-likeness (QED) is 0.789. The van der Waals surface area contributed by atoms with E-state index in [0.717, 1.165) is 29.3 Å². The zero-order valence-electron chi connectivity index (χ0n) is 16.7. The molecule has 1 aliphatic rings. The molecule has 3 rings (SSSR count). The number of hydrogen-bond acceptors (Lipinski definition) is 4. The van der Waals surface area contributed by atoms with Crippen LogP contribution in [0.1, 0.15) is 61.8 Å². The molecular formula is C19H26F3N5O. The lowest BCUT2D eigenvalue weighted by molar-refractivity contribution is -0.144. The van der Waals surface area contributed by atoms with Gasteiger partial charge in [0.25, 0.3) is 11.6 Å². The van der Waals surface area contributed by atoms with Crippen molar-refractivity contribution in [2.24, 2.45) is 5.92 Å². The Bertz CT molecular complexity index is 877. The fraction of sp³-hybridized carbons (Fsp3) is 0.684. The van der Waals surface area contributed by atoms with Crippen molar-refractivity contribution in [1.82, 2.24) is 24.5 Å². The van der Waals surface area contributed by atoms with Gasteiger partial charge in [-0.1, -0.05) is 19.8 Å². The number of amides is 1. The molecule has 1 amide bonds. The van der Waals surface area contributed by atoms with Crippen LogP contribution >= 0.6 is 0 Å². The maximum atomic E-state index is 12.9. The van der Waals surface area contributed by atoms with Gasteiger partial charge >= 0.3 is 6.18 Å². The maximum absolute atomic E-state index is 12.9. The molecule has 0 radical (unpaired) electrons. The van der Waals surface area contributed by atoms with Crippen LogP contribution in [-0.4, -0.2) is 43.5 Å². The fourth-order valence-corrected chi connectivity index (χ4v) is 4.16. The summed E-state index contributed by atoms with van der Waals surface area (Å²) in [7, 11) is 1.85. The molecule has 28 heavy (non-hydrogen) atoms. The molecule has 1 aliphatic carbocycles. The number of rotatable bonds is 4. The number of hydrogen-bond donors (Lipinski definition) is 0. The molecule has 0 saturated heterocycles. The zero-order chi connectivity index (χ0) is 20.6. The zero-order valence-corrected chi connectivity index (χ0v) is 16.7. The molecule has 2 aromatic heterocycles. The monoisotopic (exact) mass is 397 g/mol. The van der Waals surface area contributed by atoms with Crippen LogP contribution in [0.4, 0.5) is 13.2 Å². The Morgan fingerprint density at radius 3 is 2.54 bits per heavy atom. The van der Waals surface area contributed by atoms with Crippen LogP contribution in [0.3, 0.4) is 0 Å². The highest BCUT2D eigenvalue weighted by Gasteiger charge is 2.37. The van der Waals surface area contributed by atoms with Crippen molar-refractivity contribution in [3.63, 3.8) is 0 Å². The molecule has 154 valence electrons. The molecule has 1 saturated carbocycles. The van der Waals surface area contributed by atoms with Crippen molar-refractivity contribution in [3.05, 3.63) is 22.8 Å². The SMILES string of the molecule is Cc1nc2nc(C(F)(F)F)nn2c(C)c1CCC(=O)N(C)C1CCCCC1C. The largest absolute Gasteiger partial charge is 0.453 e. The normalized spacial score (nSPS) is 20.5. The Morgan fingerprint density at radius 2 is 1.89 bits per heavy atom. The first-order chi connectivity index (χ1) is 13.1. The average molecular weight is 397 g/mol. The van der Waals surface area contributed by atoms with E-state index in [4.69, 9.17) is 0 Å². The lowest BCUT2D eigenvalue weighted by Gasteiger charge is -2.36. The van der Waals surface area contributed by atoms with Crippen LogP contribution in [0.2, 0.25) is 0 Å². The summed E-state index contributed by atoms with van der Waals surface area (Å²) in [6.07, 6.45) is 0.578. The van der Waals surface area contributed by atoms with E-state index in [9.17, 15) is 18.0 Å². The summed E-state index contributed by atoms with van der Waals surface area (Å²) in [4.78, 5) is 22.2. The van der Waals surface area contributed by atoms with E-state index in [1.54, 1.807) is 13.8 Å². The third-order valence-corrected chi connectivity index (χ3v) is 5.85. The van der Waals surface area contributed by atoms with Crippen LogP contribution in [0, 0.1) is 19.8 Å². The molecule has 2 aromatic rings. The van der Waals surface area contributed by atoms with Gasteiger partial charge in [0.05, 0.1) is 0 Å². The molecular weight excluding hydrogens is 371 g/mol. The van der Waals surface area contributed by atoms with E-state index >= 15 is 0 Å². The second-order valence-corrected chi connectivity index (χ2v) is 7.74.